The first kappa shape index (κ1) is 17.3. The minimum atomic E-state index is -0.780. The van der Waals surface area contributed by atoms with Crippen molar-refractivity contribution in [2.24, 2.45) is 0 Å². The van der Waals surface area contributed by atoms with Crippen LogP contribution in [0.3, 0.4) is 0 Å². The van der Waals surface area contributed by atoms with Crippen LogP contribution in [0.1, 0.15) is 19.3 Å². The van der Waals surface area contributed by atoms with Crippen molar-refractivity contribution in [3.8, 4) is 5.75 Å². The monoisotopic (exact) mass is 314 g/mol. The molecule has 0 aliphatic heterocycles. The normalized spacial score (nSPS) is 10.0. The van der Waals surface area contributed by atoms with E-state index in [2.05, 4.69) is 10.6 Å². The van der Waals surface area contributed by atoms with E-state index in [1.165, 1.54) is 13.2 Å². The fourth-order valence-corrected chi connectivity index (χ4v) is 1.82. The summed E-state index contributed by atoms with van der Waals surface area (Å²) in [7, 11) is 1.46. The van der Waals surface area contributed by atoms with E-state index >= 15 is 0 Å². The summed E-state index contributed by atoms with van der Waals surface area (Å²) in [5.74, 6) is -1.08. The zero-order valence-electron chi connectivity index (χ0n) is 11.8. The third-order valence-corrected chi connectivity index (χ3v) is 2.97. The Hall–Kier alpha value is -1.79. The first-order chi connectivity index (χ1) is 10.1. The summed E-state index contributed by atoms with van der Waals surface area (Å²) in [4.78, 5) is 23.4. The molecule has 116 valence electrons. The molecule has 1 aromatic carbocycles. The third-order valence-electron chi connectivity index (χ3n) is 2.74. The van der Waals surface area contributed by atoms with Crippen molar-refractivity contribution >= 4 is 29.1 Å². The second-order valence-electron chi connectivity index (χ2n) is 4.34. The van der Waals surface area contributed by atoms with E-state index in [0.29, 0.717) is 35.8 Å². The van der Waals surface area contributed by atoms with Gasteiger partial charge in [-0.1, -0.05) is 11.6 Å². The lowest BCUT2D eigenvalue weighted by molar-refractivity contribution is -0.136. The van der Waals surface area contributed by atoms with Crippen LogP contribution in [0.15, 0.2) is 18.2 Å². The highest BCUT2D eigenvalue weighted by Gasteiger charge is 2.15. The molecule has 0 bridgehead atoms. The summed E-state index contributed by atoms with van der Waals surface area (Å²) in [6.45, 7) is 0.516. The Balaban J connectivity index is 2.49. The Morgan fingerprint density at radius 3 is 2.67 bits per heavy atom. The van der Waals surface area contributed by atoms with E-state index in [1.54, 1.807) is 12.1 Å². The summed E-state index contributed by atoms with van der Waals surface area (Å²) in [6, 6.07) is 4.73. The van der Waals surface area contributed by atoms with E-state index in [4.69, 9.17) is 21.4 Å². The number of hydrogen-bond acceptors (Lipinski definition) is 4. The van der Waals surface area contributed by atoms with Gasteiger partial charge in [-0.25, -0.2) is 0 Å². The Kier molecular flexibility index (Phi) is 7.56. The Morgan fingerprint density at radius 1 is 1.24 bits per heavy atom. The molecule has 0 aliphatic carbocycles. The van der Waals surface area contributed by atoms with Crippen LogP contribution in [0.25, 0.3) is 0 Å². The quantitative estimate of drug-likeness (QED) is 0.526. The molecular formula is C14H19ClN2O4. The summed E-state index contributed by atoms with van der Waals surface area (Å²) in [5, 5.41) is 14.0. The molecule has 0 fully saturated rings. The Morgan fingerprint density at radius 2 is 2.00 bits per heavy atom. The molecule has 7 heteroatoms. The molecule has 0 unspecified atom stereocenters. The van der Waals surface area contributed by atoms with Gasteiger partial charge in [-0.3, -0.25) is 9.59 Å². The van der Waals surface area contributed by atoms with Crippen LogP contribution in [0.5, 0.6) is 5.75 Å². The van der Waals surface area contributed by atoms with Crippen molar-refractivity contribution < 1.29 is 19.4 Å². The SMILES string of the molecule is COc1ccc(Cl)cc1NC(=O)C(=O)NCCCCCO. The van der Waals surface area contributed by atoms with Crippen molar-refractivity contribution in [2.45, 2.75) is 19.3 Å². The van der Waals surface area contributed by atoms with Crippen LogP contribution in [-0.2, 0) is 9.59 Å². The molecule has 1 aromatic rings. The summed E-state index contributed by atoms with van der Waals surface area (Å²) in [5.41, 5.74) is 0.338. The molecule has 0 spiro atoms. The molecule has 21 heavy (non-hydrogen) atoms. The number of amides is 2. The molecular weight excluding hydrogens is 296 g/mol. The average Bonchev–Trinajstić information content (AvgIpc) is 2.47. The van der Waals surface area contributed by atoms with Gasteiger partial charge in [0.15, 0.2) is 0 Å². The Labute approximate surface area is 128 Å². The molecule has 0 heterocycles. The molecule has 6 nitrogen and oxygen atoms in total. The lowest BCUT2D eigenvalue weighted by atomic mass is 10.2. The number of aliphatic hydroxyl groups is 1. The molecule has 0 saturated carbocycles. The number of aliphatic hydroxyl groups excluding tert-OH is 1. The lowest BCUT2D eigenvalue weighted by Gasteiger charge is -2.10. The van der Waals surface area contributed by atoms with Gasteiger partial charge in [-0.05, 0) is 37.5 Å². The van der Waals surface area contributed by atoms with Gasteiger partial charge in [0.05, 0.1) is 12.8 Å². The van der Waals surface area contributed by atoms with Crippen LogP contribution in [0, 0.1) is 0 Å². The maximum Gasteiger partial charge on any atom is 0.313 e. The minimum absolute atomic E-state index is 0.128. The largest absolute Gasteiger partial charge is 0.495 e. The van der Waals surface area contributed by atoms with Crippen molar-refractivity contribution in [2.75, 3.05) is 25.6 Å². The van der Waals surface area contributed by atoms with Crippen LogP contribution < -0.4 is 15.4 Å². The molecule has 0 aliphatic rings. The second-order valence-corrected chi connectivity index (χ2v) is 4.78. The van der Waals surface area contributed by atoms with Crippen LogP contribution in [0.2, 0.25) is 5.02 Å². The number of methoxy groups -OCH3 is 1. The minimum Gasteiger partial charge on any atom is -0.495 e. The second kappa shape index (κ2) is 9.20. The van der Waals surface area contributed by atoms with Gasteiger partial charge in [0.2, 0.25) is 0 Å². The molecule has 2 amide bonds. The van der Waals surface area contributed by atoms with Gasteiger partial charge in [-0.15, -0.1) is 0 Å². The number of ether oxygens (including phenoxy) is 1. The number of carbonyl (C=O) groups excluding carboxylic acids is 2. The van der Waals surface area contributed by atoms with Crippen LogP contribution in [-0.4, -0.2) is 37.2 Å². The van der Waals surface area contributed by atoms with Crippen LogP contribution in [0.4, 0.5) is 5.69 Å². The van der Waals surface area contributed by atoms with Crippen molar-refractivity contribution in [1.82, 2.24) is 5.32 Å². The van der Waals surface area contributed by atoms with Gasteiger partial charge in [0.25, 0.3) is 0 Å². The maximum absolute atomic E-state index is 11.8. The standard InChI is InChI=1S/C14H19ClN2O4/c1-21-12-6-5-10(15)9-11(12)17-14(20)13(19)16-7-3-2-4-8-18/h5-6,9,18H,2-4,7-8H2,1H3,(H,16,19)(H,17,20). The number of hydrogen-bond donors (Lipinski definition) is 3. The highest BCUT2D eigenvalue weighted by atomic mass is 35.5. The topological polar surface area (TPSA) is 87.7 Å². The smallest absolute Gasteiger partial charge is 0.313 e. The summed E-state index contributed by atoms with van der Waals surface area (Å²) >= 11 is 5.84. The first-order valence-corrected chi connectivity index (χ1v) is 7.00. The van der Waals surface area contributed by atoms with E-state index in [-0.39, 0.29) is 6.61 Å². The van der Waals surface area contributed by atoms with E-state index < -0.39 is 11.8 Å². The summed E-state index contributed by atoms with van der Waals surface area (Å²) < 4.78 is 5.08. The van der Waals surface area contributed by atoms with Crippen molar-refractivity contribution in [1.29, 1.82) is 0 Å². The lowest BCUT2D eigenvalue weighted by Crippen LogP contribution is -2.36. The zero-order valence-corrected chi connectivity index (χ0v) is 12.6. The van der Waals surface area contributed by atoms with E-state index in [9.17, 15) is 9.59 Å². The highest BCUT2D eigenvalue weighted by molar-refractivity contribution is 6.40. The van der Waals surface area contributed by atoms with Gasteiger partial charge >= 0.3 is 11.8 Å². The molecule has 0 atom stereocenters. The van der Waals surface area contributed by atoms with Crippen molar-refractivity contribution in [3.05, 3.63) is 23.2 Å². The zero-order chi connectivity index (χ0) is 15.7. The number of anilines is 1. The summed E-state index contributed by atoms with van der Waals surface area (Å²) in [6.07, 6.45) is 2.18. The van der Waals surface area contributed by atoms with Crippen molar-refractivity contribution in [3.63, 3.8) is 0 Å². The fraction of sp³-hybridized carbons (Fsp3) is 0.429. The number of rotatable bonds is 7. The number of nitrogens with one attached hydrogen (secondary N) is 2. The predicted molar refractivity (Wildman–Crippen MR) is 80.6 cm³/mol. The van der Waals surface area contributed by atoms with Gasteiger partial charge < -0.3 is 20.5 Å². The predicted octanol–water partition coefficient (Wildman–Crippen LogP) is 1.57. The number of carbonyl (C=O) groups is 2. The first-order valence-electron chi connectivity index (χ1n) is 6.62. The molecule has 0 radical (unpaired) electrons. The third kappa shape index (κ3) is 6.01. The Bertz CT molecular complexity index is 494. The average molecular weight is 315 g/mol. The molecule has 3 N–H and O–H groups in total. The highest BCUT2D eigenvalue weighted by Crippen LogP contribution is 2.27. The fourth-order valence-electron chi connectivity index (χ4n) is 1.65. The van der Waals surface area contributed by atoms with E-state index in [1.807, 2.05) is 0 Å². The number of halogens is 1. The van der Waals surface area contributed by atoms with Gasteiger partial charge in [0.1, 0.15) is 5.75 Å². The van der Waals surface area contributed by atoms with Crippen LogP contribution >= 0.6 is 11.6 Å². The molecule has 1 rings (SSSR count). The molecule has 0 aromatic heterocycles. The van der Waals surface area contributed by atoms with E-state index in [0.717, 1.165) is 6.42 Å². The molecule has 0 saturated heterocycles. The number of unbranched alkanes of at least 4 members (excludes halogenated alkanes) is 2. The maximum atomic E-state index is 11.8. The number of benzene rings is 1. The van der Waals surface area contributed by atoms with Gasteiger partial charge in [0, 0.05) is 18.2 Å². The van der Waals surface area contributed by atoms with Gasteiger partial charge in [-0.2, -0.15) is 0 Å².